The van der Waals surface area contributed by atoms with Crippen LogP contribution >= 0.6 is 0 Å². The number of carbonyl (C=O) groups is 2. The number of hydrogen-bond donors (Lipinski definition) is 1. The molecule has 0 bridgehead atoms. The van der Waals surface area contributed by atoms with E-state index in [4.69, 9.17) is 4.42 Å². The maximum Gasteiger partial charge on any atom is 0.257 e. The van der Waals surface area contributed by atoms with E-state index in [1.807, 2.05) is 30.3 Å². The Morgan fingerprint density at radius 3 is 2.71 bits per heavy atom. The minimum absolute atomic E-state index is 0.0319. The molecule has 0 aliphatic carbocycles. The van der Waals surface area contributed by atoms with Gasteiger partial charge in [0.25, 0.3) is 5.91 Å². The van der Waals surface area contributed by atoms with E-state index >= 15 is 0 Å². The van der Waals surface area contributed by atoms with Crippen molar-refractivity contribution in [1.82, 2.24) is 9.80 Å². The Bertz CT molecular complexity index is 684. The van der Waals surface area contributed by atoms with Crippen LogP contribution in [-0.2, 0) is 11.2 Å². The molecule has 2 aromatic rings. The van der Waals surface area contributed by atoms with Gasteiger partial charge in [0.1, 0.15) is 12.8 Å². The van der Waals surface area contributed by atoms with E-state index < -0.39 is 6.10 Å². The molecule has 6 heteroatoms. The number of aliphatic hydroxyl groups excluding tert-OH is 1. The van der Waals surface area contributed by atoms with Crippen LogP contribution in [0.15, 0.2) is 53.3 Å². The topological polar surface area (TPSA) is 74.0 Å². The molecular formula is C18H20N2O4. The van der Waals surface area contributed by atoms with Crippen LogP contribution in [0.1, 0.15) is 15.9 Å². The Kier molecular flexibility index (Phi) is 4.96. The number of rotatable bonds is 4. The summed E-state index contributed by atoms with van der Waals surface area (Å²) in [4.78, 5) is 27.8. The monoisotopic (exact) mass is 328 g/mol. The summed E-state index contributed by atoms with van der Waals surface area (Å²) in [5.74, 6) is -0.458. The van der Waals surface area contributed by atoms with Gasteiger partial charge in [-0.15, -0.1) is 0 Å². The van der Waals surface area contributed by atoms with Crippen molar-refractivity contribution in [3.8, 4) is 0 Å². The normalized spacial score (nSPS) is 18.5. The van der Waals surface area contributed by atoms with Crippen molar-refractivity contribution in [2.24, 2.45) is 0 Å². The first kappa shape index (κ1) is 16.3. The number of amides is 2. The number of carbonyl (C=O) groups excluding carboxylic acids is 2. The van der Waals surface area contributed by atoms with Crippen molar-refractivity contribution < 1.29 is 19.1 Å². The summed E-state index contributed by atoms with van der Waals surface area (Å²) in [5, 5.41) is 10.2. The van der Waals surface area contributed by atoms with Crippen LogP contribution in [0.3, 0.4) is 0 Å². The summed E-state index contributed by atoms with van der Waals surface area (Å²) in [7, 11) is 0. The molecule has 6 nitrogen and oxygen atoms in total. The second kappa shape index (κ2) is 7.31. The van der Waals surface area contributed by atoms with Crippen LogP contribution in [0.2, 0.25) is 0 Å². The Morgan fingerprint density at radius 1 is 1.21 bits per heavy atom. The Hall–Kier alpha value is -2.60. The predicted octanol–water partition coefficient (Wildman–Crippen LogP) is 1.17. The van der Waals surface area contributed by atoms with Crippen molar-refractivity contribution in [2.75, 3.05) is 26.2 Å². The zero-order valence-corrected chi connectivity index (χ0v) is 13.3. The van der Waals surface area contributed by atoms with E-state index in [2.05, 4.69) is 0 Å². The fourth-order valence-corrected chi connectivity index (χ4v) is 2.84. The average molecular weight is 328 g/mol. The van der Waals surface area contributed by atoms with Gasteiger partial charge in [-0.3, -0.25) is 9.59 Å². The third-order valence-electron chi connectivity index (χ3n) is 4.11. The van der Waals surface area contributed by atoms with Gasteiger partial charge in [-0.25, -0.2) is 0 Å². The lowest BCUT2D eigenvalue weighted by Gasteiger charge is -2.21. The average Bonchev–Trinajstić information content (AvgIpc) is 3.08. The predicted molar refractivity (Wildman–Crippen MR) is 87.3 cm³/mol. The molecule has 1 saturated heterocycles. The van der Waals surface area contributed by atoms with Crippen LogP contribution in [0, 0.1) is 0 Å². The van der Waals surface area contributed by atoms with Crippen LogP contribution in [0.4, 0.5) is 0 Å². The van der Waals surface area contributed by atoms with E-state index in [-0.39, 0.29) is 31.4 Å². The van der Waals surface area contributed by atoms with Crippen molar-refractivity contribution >= 4 is 11.8 Å². The fraction of sp³-hybridized carbons (Fsp3) is 0.333. The molecule has 1 aliphatic heterocycles. The minimum atomic E-state index is -0.761. The van der Waals surface area contributed by atoms with E-state index in [1.54, 1.807) is 11.0 Å². The minimum Gasteiger partial charge on any atom is -0.472 e. The number of nitrogens with zero attached hydrogens (tertiary/aromatic N) is 2. The number of β-amino-alcohol motifs (C(OH)–C–C–N with tert-alkyl or cyclic N) is 1. The van der Waals surface area contributed by atoms with Gasteiger partial charge in [0.15, 0.2) is 0 Å². The van der Waals surface area contributed by atoms with Gasteiger partial charge in [-0.1, -0.05) is 30.3 Å². The van der Waals surface area contributed by atoms with E-state index in [0.29, 0.717) is 12.1 Å². The molecule has 24 heavy (non-hydrogen) atoms. The van der Waals surface area contributed by atoms with Crippen molar-refractivity contribution in [3.05, 3.63) is 60.1 Å². The molecule has 3 rings (SSSR count). The second-order valence-electron chi connectivity index (χ2n) is 5.93. The molecule has 126 valence electrons. The summed E-state index contributed by atoms with van der Waals surface area (Å²) < 4.78 is 4.91. The first-order valence-corrected chi connectivity index (χ1v) is 7.94. The quantitative estimate of drug-likeness (QED) is 0.914. The van der Waals surface area contributed by atoms with Crippen molar-refractivity contribution in [1.29, 1.82) is 0 Å². The maximum absolute atomic E-state index is 12.5. The van der Waals surface area contributed by atoms with Crippen molar-refractivity contribution in [3.63, 3.8) is 0 Å². The van der Waals surface area contributed by atoms with Gasteiger partial charge in [0, 0.05) is 19.6 Å². The Balaban J connectivity index is 1.64. The van der Waals surface area contributed by atoms with Crippen LogP contribution in [0.5, 0.6) is 0 Å². The number of aliphatic hydroxyl groups is 1. The number of hydrogen-bond acceptors (Lipinski definition) is 4. The molecule has 1 aliphatic rings. The zero-order chi connectivity index (χ0) is 16.9. The van der Waals surface area contributed by atoms with Gasteiger partial charge < -0.3 is 19.3 Å². The summed E-state index contributed by atoms with van der Waals surface area (Å²) in [6.45, 7) is 0.863. The zero-order valence-electron chi connectivity index (χ0n) is 13.3. The summed E-state index contributed by atoms with van der Waals surface area (Å²) >= 11 is 0. The first-order chi connectivity index (χ1) is 11.6. The SMILES string of the molecule is O=C1CN(C(=O)c2ccoc2)CC(O)CN1CCc1ccccc1. The molecule has 1 N–H and O–H groups in total. The van der Waals surface area contributed by atoms with Crippen LogP contribution in [0.25, 0.3) is 0 Å². The molecule has 1 atom stereocenters. The highest BCUT2D eigenvalue weighted by atomic mass is 16.3. The summed E-state index contributed by atoms with van der Waals surface area (Å²) in [5.41, 5.74) is 1.52. The molecule has 2 heterocycles. The summed E-state index contributed by atoms with van der Waals surface area (Å²) in [6, 6.07) is 11.4. The summed E-state index contributed by atoms with van der Waals surface area (Å²) in [6.07, 6.45) is 2.71. The molecule has 0 saturated carbocycles. The lowest BCUT2D eigenvalue weighted by atomic mass is 10.1. The third kappa shape index (κ3) is 3.83. The van der Waals surface area contributed by atoms with E-state index in [1.165, 1.54) is 17.4 Å². The molecule has 0 radical (unpaired) electrons. The second-order valence-corrected chi connectivity index (χ2v) is 5.93. The van der Waals surface area contributed by atoms with Gasteiger partial charge in [-0.2, -0.15) is 0 Å². The van der Waals surface area contributed by atoms with Gasteiger partial charge in [0.05, 0.1) is 17.9 Å². The molecule has 1 aromatic carbocycles. The third-order valence-corrected chi connectivity index (χ3v) is 4.11. The largest absolute Gasteiger partial charge is 0.472 e. The number of furan rings is 1. The molecule has 1 unspecified atom stereocenters. The standard InChI is InChI=1S/C18H20N2O4/c21-16-10-19(8-6-14-4-2-1-3-5-14)17(22)12-20(11-16)18(23)15-7-9-24-13-15/h1-5,7,9,13,16,21H,6,8,10-12H2. The molecule has 0 spiro atoms. The smallest absolute Gasteiger partial charge is 0.257 e. The molecule has 2 amide bonds. The highest BCUT2D eigenvalue weighted by Crippen LogP contribution is 2.12. The van der Waals surface area contributed by atoms with Gasteiger partial charge in [0.2, 0.25) is 5.91 Å². The lowest BCUT2D eigenvalue weighted by Crippen LogP contribution is -2.40. The highest BCUT2D eigenvalue weighted by Gasteiger charge is 2.30. The van der Waals surface area contributed by atoms with E-state index in [0.717, 1.165) is 12.0 Å². The lowest BCUT2D eigenvalue weighted by molar-refractivity contribution is -0.131. The Morgan fingerprint density at radius 2 is 2.00 bits per heavy atom. The van der Waals surface area contributed by atoms with Crippen molar-refractivity contribution in [2.45, 2.75) is 12.5 Å². The van der Waals surface area contributed by atoms with Gasteiger partial charge >= 0.3 is 0 Å². The van der Waals surface area contributed by atoms with E-state index in [9.17, 15) is 14.7 Å². The maximum atomic E-state index is 12.5. The van der Waals surface area contributed by atoms with Crippen LogP contribution < -0.4 is 0 Å². The molecular weight excluding hydrogens is 308 g/mol. The first-order valence-electron chi connectivity index (χ1n) is 7.94. The number of benzene rings is 1. The van der Waals surface area contributed by atoms with Crippen LogP contribution in [-0.4, -0.2) is 59.0 Å². The fourth-order valence-electron chi connectivity index (χ4n) is 2.84. The molecule has 1 aromatic heterocycles. The highest BCUT2D eigenvalue weighted by molar-refractivity contribution is 5.96. The van der Waals surface area contributed by atoms with Gasteiger partial charge in [-0.05, 0) is 18.1 Å². The molecule has 1 fully saturated rings. The Labute approximate surface area is 140 Å².